The molecule has 0 N–H and O–H groups in total. The van der Waals surface area contributed by atoms with Gasteiger partial charge >= 0.3 is 5.97 Å². The van der Waals surface area contributed by atoms with Gasteiger partial charge in [-0.05, 0) is 20.8 Å². The molecule has 1 aliphatic rings. The van der Waals surface area contributed by atoms with E-state index in [9.17, 15) is 4.79 Å². The summed E-state index contributed by atoms with van der Waals surface area (Å²) in [5, 5.41) is 0. The van der Waals surface area contributed by atoms with Crippen LogP contribution in [0.1, 0.15) is 20.8 Å². The summed E-state index contributed by atoms with van der Waals surface area (Å²) in [5.41, 5.74) is 0.388. The lowest BCUT2D eigenvalue weighted by Gasteiger charge is -2.17. The summed E-state index contributed by atoms with van der Waals surface area (Å²) in [6, 6.07) is 0. The second-order valence-corrected chi connectivity index (χ2v) is 4.44. The van der Waals surface area contributed by atoms with Gasteiger partial charge in [0, 0.05) is 5.57 Å². The SMILES string of the molecule is C=C(C)C(=O)OCCOCC1COC(C)(C)O1. The first-order valence-electron chi connectivity index (χ1n) is 5.63. The molecule has 0 saturated carbocycles. The van der Waals surface area contributed by atoms with Crippen molar-refractivity contribution in [2.45, 2.75) is 32.7 Å². The summed E-state index contributed by atoms with van der Waals surface area (Å²) in [5.74, 6) is -0.921. The van der Waals surface area contributed by atoms with Crippen LogP contribution in [0.25, 0.3) is 0 Å². The van der Waals surface area contributed by atoms with Gasteiger partial charge in [0.2, 0.25) is 0 Å². The third-order valence-corrected chi connectivity index (χ3v) is 2.18. The van der Waals surface area contributed by atoms with Crippen molar-refractivity contribution in [3.05, 3.63) is 12.2 Å². The number of ether oxygens (including phenoxy) is 4. The predicted octanol–water partition coefficient (Wildman–Crippen LogP) is 1.27. The van der Waals surface area contributed by atoms with Gasteiger partial charge in [-0.3, -0.25) is 0 Å². The fourth-order valence-corrected chi connectivity index (χ4v) is 1.38. The van der Waals surface area contributed by atoms with Crippen molar-refractivity contribution in [3.63, 3.8) is 0 Å². The van der Waals surface area contributed by atoms with Gasteiger partial charge in [0.25, 0.3) is 0 Å². The van der Waals surface area contributed by atoms with Crippen LogP contribution in [0.15, 0.2) is 12.2 Å². The number of esters is 1. The number of carbonyl (C=O) groups excluding carboxylic acids is 1. The molecule has 0 amide bonds. The van der Waals surface area contributed by atoms with Crippen LogP contribution in [0.2, 0.25) is 0 Å². The average molecular weight is 244 g/mol. The second kappa shape index (κ2) is 6.14. The highest BCUT2D eigenvalue weighted by molar-refractivity contribution is 5.86. The molecule has 0 spiro atoms. The van der Waals surface area contributed by atoms with Crippen molar-refractivity contribution in [3.8, 4) is 0 Å². The Balaban J connectivity index is 2.02. The van der Waals surface area contributed by atoms with Gasteiger partial charge in [0.1, 0.15) is 12.7 Å². The predicted molar refractivity (Wildman–Crippen MR) is 61.5 cm³/mol. The number of hydrogen-bond donors (Lipinski definition) is 0. The maximum Gasteiger partial charge on any atom is 0.333 e. The minimum Gasteiger partial charge on any atom is -0.460 e. The van der Waals surface area contributed by atoms with E-state index in [-0.39, 0.29) is 12.7 Å². The van der Waals surface area contributed by atoms with Crippen molar-refractivity contribution in [1.29, 1.82) is 0 Å². The molecule has 17 heavy (non-hydrogen) atoms. The first-order valence-corrected chi connectivity index (χ1v) is 5.63. The third-order valence-electron chi connectivity index (χ3n) is 2.18. The molecule has 1 atom stereocenters. The van der Waals surface area contributed by atoms with E-state index in [4.69, 9.17) is 18.9 Å². The number of rotatable bonds is 6. The van der Waals surface area contributed by atoms with Crippen molar-refractivity contribution in [2.75, 3.05) is 26.4 Å². The standard InChI is InChI=1S/C12H20O5/c1-9(2)11(13)15-6-5-14-7-10-8-16-12(3,4)17-10/h10H,1,5-8H2,2-4H3. The summed E-state index contributed by atoms with van der Waals surface area (Å²) in [7, 11) is 0. The van der Waals surface area contributed by atoms with Gasteiger partial charge in [-0.25, -0.2) is 4.79 Å². The average Bonchev–Trinajstić information content (AvgIpc) is 2.57. The van der Waals surface area contributed by atoms with Crippen LogP contribution in [0.5, 0.6) is 0 Å². The fourth-order valence-electron chi connectivity index (χ4n) is 1.38. The Morgan fingerprint density at radius 3 is 2.71 bits per heavy atom. The quantitative estimate of drug-likeness (QED) is 0.400. The van der Waals surface area contributed by atoms with Gasteiger partial charge in [0.05, 0.1) is 19.8 Å². The zero-order chi connectivity index (χ0) is 12.9. The van der Waals surface area contributed by atoms with E-state index in [1.165, 1.54) is 0 Å². The molecule has 1 heterocycles. The summed E-state index contributed by atoms with van der Waals surface area (Å²) >= 11 is 0. The zero-order valence-corrected chi connectivity index (χ0v) is 10.7. The van der Waals surface area contributed by atoms with E-state index in [1.807, 2.05) is 13.8 Å². The lowest BCUT2D eigenvalue weighted by atomic mass is 10.4. The van der Waals surface area contributed by atoms with E-state index >= 15 is 0 Å². The maximum absolute atomic E-state index is 11.0. The normalized spacial score (nSPS) is 22.4. The van der Waals surface area contributed by atoms with Crippen LogP contribution in [0, 0.1) is 0 Å². The van der Waals surface area contributed by atoms with Crippen LogP contribution in [0.4, 0.5) is 0 Å². The molecule has 0 aromatic carbocycles. The molecular weight excluding hydrogens is 224 g/mol. The van der Waals surface area contributed by atoms with Crippen LogP contribution in [-0.4, -0.2) is 44.3 Å². The highest BCUT2D eigenvalue weighted by Crippen LogP contribution is 2.22. The molecule has 1 saturated heterocycles. The van der Waals surface area contributed by atoms with Gasteiger partial charge in [-0.15, -0.1) is 0 Å². The molecule has 1 unspecified atom stereocenters. The van der Waals surface area contributed by atoms with Crippen LogP contribution >= 0.6 is 0 Å². The third kappa shape index (κ3) is 5.30. The van der Waals surface area contributed by atoms with Gasteiger partial charge < -0.3 is 18.9 Å². The molecule has 5 heteroatoms. The monoisotopic (exact) mass is 244 g/mol. The minimum absolute atomic E-state index is 0.0539. The molecule has 98 valence electrons. The topological polar surface area (TPSA) is 54.0 Å². The molecule has 0 aliphatic carbocycles. The summed E-state index contributed by atoms with van der Waals surface area (Å²) < 4.78 is 21.1. The molecule has 5 nitrogen and oxygen atoms in total. The molecule has 0 aromatic heterocycles. The number of carbonyl (C=O) groups is 1. The lowest BCUT2D eigenvalue weighted by molar-refractivity contribution is -0.147. The Bertz CT molecular complexity index is 285. The van der Waals surface area contributed by atoms with E-state index in [1.54, 1.807) is 6.92 Å². The molecule has 0 bridgehead atoms. The highest BCUT2D eigenvalue weighted by atomic mass is 16.7. The van der Waals surface area contributed by atoms with Gasteiger partial charge in [-0.1, -0.05) is 6.58 Å². The van der Waals surface area contributed by atoms with Crippen LogP contribution in [-0.2, 0) is 23.7 Å². The minimum atomic E-state index is -0.527. The zero-order valence-electron chi connectivity index (χ0n) is 10.7. The smallest absolute Gasteiger partial charge is 0.333 e. The van der Waals surface area contributed by atoms with Gasteiger partial charge in [-0.2, -0.15) is 0 Å². The van der Waals surface area contributed by atoms with E-state index in [2.05, 4.69) is 6.58 Å². The summed E-state index contributed by atoms with van der Waals surface area (Å²) in [6.07, 6.45) is -0.0539. The first kappa shape index (κ1) is 14.2. The van der Waals surface area contributed by atoms with Crippen molar-refractivity contribution in [2.24, 2.45) is 0 Å². The Labute approximate surface area is 102 Å². The number of hydrogen-bond acceptors (Lipinski definition) is 5. The lowest BCUT2D eigenvalue weighted by Crippen LogP contribution is -2.24. The summed E-state index contributed by atoms with van der Waals surface area (Å²) in [6.45, 7) is 10.3. The highest BCUT2D eigenvalue weighted by Gasteiger charge is 2.32. The van der Waals surface area contributed by atoms with Crippen molar-refractivity contribution < 1.29 is 23.7 Å². The van der Waals surface area contributed by atoms with E-state index in [0.29, 0.717) is 25.4 Å². The summed E-state index contributed by atoms with van der Waals surface area (Å²) in [4.78, 5) is 11.0. The van der Waals surface area contributed by atoms with E-state index < -0.39 is 11.8 Å². The van der Waals surface area contributed by atoms with Crippen LogP contribution < -0.4 is 0 Å². The fraction of sp³-hybridized carbons (Fsp3) is 0.750. The molecule has 1 rings (SSSR count). The Morgan fingerprint density at radius 2 is 2.18 bits per heavy atom. The Hall–Kier alpha value is -0.910. The molecular formula is C12H20O5. The molecule has 1 fully saturated rings. The molecule has 0 aromatic rings. The largest absolute Gasteiger partial charge is 0.460 e. The Morgan fingerprint density at radius 1 is 1.47 bits per heavy atom. The Kier molecular flexibility index (Phi) is 5.11. The van der Waals surface area contributed by atoms with Gasteiger partial charge in [0.15, 0.2) is 5.79 Å². The molecule has 1 aliphatic heterocycles. The second-order valence-electron chi connectivity index (χ2n) is 4.44. The van der Waals surface area contributed by atoms with Crippen molar-refractivity contribution in [1.82, 2.24) is 0 Å². The van der Waals surface area contributed by atoms with Crippen molar-refractivity contribution >= 4 is 5.97 Å². The van der Waals surface area contributed by atoms with E-state index in [0.717, 1.165) is 0 Å². The van der Waals surface area contributed by atoms with Crippen LogP contribution in [0.3, 0.4) is 0 Å². The molecule has 0 radical (unpaired) electrons. The first-order chi connectivity index (χ1) is 7.91. The maximum atomic E-state index is 11.0.